The molecule has 0 aromatic heterocycles. The molecule has 2 N–H and O–H groups in total. The van der Waals surface area contributed by atoms with E-state index in [1.165, 1.54) is 58.5 Å². The first-order valence-electron chi connectivity index (χ1n) is 8.49. The molecule has 0 aromatic carbocycles. The van der Waals surface area contributed by atoms with Crippen molar-refractivity contribution in [3.05, 3.63) is 0 Å². The zero-order valence-corrected chi connectivity index (χ0v) is 13.9. The Morgan fingerprint density at radius 3 is 1.68 bits per heavy atom. The van der Waals surface area contributed by atoms with E-state index in [0.29, 0.717) is 6.42 Å². The summed E-state index contributed by atoms with van der Waals surface area (Å²) in [5.74, 6) is -0.846. The van der Waals surface area contributed by atoms with Gasteiger partial charge in [-0.25, -0.2) is 4.79 Å². The van der Waals surface area contributed by atoms with E-state index in [2.05, 4.69) is 11.7 Å². The van der Waals surface area contributed by atoms with Gasteiger partial charge in [0, 0.05) is 6.42 Å². The Morgan fingerprint density at radius 1 is 0.864 bits per heavy atom. The van der Waals surface area contributed by atoms with Crippen molar-refractivity contribution in [2.24, 2.45) is 5.73 Å². The molecular weight excluding hydrogens is 289 g/mol. The Morgan fingerprint density at radius 2 is 1.27 bits per heavy atom. The molecular formula is C17H34NNaO3. The predicted octanol–water partition coefficient (Wildman–Crippen LogP) is 3.11. The molecule has 1 atom stereocenters. The molecule has 0 aliphatic carbocycles. The summed E-state index contributed by atoms with van der Waals surface area (Å²) in [5, 5.41) is 0. The van der Waals surface area contributed by atoms with Crippen molar-refractivity contribution in [1.82, 2.24) is 0 Å². The second kappa shape index (κ2) is 17.5. The molecule has 4 nitrogen and oxygen atoms in total. The van der Waals surface area contributed by atoms with E-state index in [9.17, 15) is 9.59 Å². The second-order valence-electron chi connectivity index (χ2n) is 5.75. The number of ether oxygens (including phenoxy) is 1. The molecule has 5 heteroatoms. The van der Waals surface area contributed by atoms with E-state index in [-0.39, 0.29) is 35.3 Å². The molecule has 0 amide bonds. The maximum atomic E-state index is 11.6. The van der Waals surface area contributed by atoms with Crippen LogP contribution in [0.1, 0.15) is 84.0 Å². The van der Waals surface area contributed by atoms with E-state index in [1.54, 1.807) is 0 Å². The van der Waals surface area contributed by atoms with Gasteiger partial charge in [-0.2, -0.15) is 0 Å². The number of hydrogen-bond donors (Lipinski definition) is 1. The summed E-state index contributed by atoms with van der Waals surface area (Å²) < 4.78 is 4.46. The van der Waals surface area contributed by atoms with Gasteiger partial charge in [0.05, 0.1) is 7.11 Å². The topological polar surface area (TPSA) is 69.4 Å². The Kier molecular flexibility index (Phi) is 19.3. The molecule has 0 radical (unpaired) electrons. The number of ketones is 1. The van der Waals surface area contributed by atoms with Crippen LogP contribution in [0.15, 0.2) is 0 Å². The second-order valence-corrected chi connectivity index (χ2v) is 5.75. The van der Waals surface area contributed by atoms with Crippen LogP contribution in [0, 0.1) is 0 Å². The van der Waals surface area contributed by atoms with Gasteiger partial charge in [0.25, 0.3) is 0 Å². The average molecular weight is 323 g/mol. The number of nitrogens with two attached hydrogens (primary N) is 1. The van der Waals surface area contributed by atoms with Gasteiger partial charge in [-0.05, 0) is 6.42 Å². The molecule has 0 fully saturated rings. The van der Waals surface area contributed by atoms with Gasteiger partial charge in [-0.1, -0.05) is 71.1 Å². The van der Waals surface area contributed by atoms with Gasteiger partial charge in [0.1, 0.15) is 0 Å². The van der Waals surface area contributed by atoms with E-state index in [4.69, 9.17) is 5.73 Å². The molecule has 0 aliphatic heterocycles. The summed E-state index contributed by atoms with van der Waals surface area (Å²) in [6.07, 6.45) is 14.0. The summed E-state index contributed by atoms with van der Waals surface area (Å²) >= 11 is 0. The van der Waals surface area contributed by atoms with Crippen LogP contribution in [-0.2, 0) is 14.3 Å². The van der Waals surface area contributed by atoms with Crippen molar-refractivity contribution in [1.29, 1.82) is 0 Å². The van der Waals surface area contributed by atoms with Crippen LogP contribution in [0.2, 0.25) is 0 Å². The van der Waals surface area contributed by atoms with Crippen molar-refractivity contribution in [3.63, 3.8) is 0 Å². The van der Waals surface area contributed by atoms with Crippen molar-refractivity contribution in [2.45, 2.75) is 90.0 Å². The number of carbonyl (C=O) groups excluding carboxylic acids is 2. The molecule has 0 saturated carbocycles. The van der Waals surface area contributed by atoms with E-state index in [0.717, 1.165) is 19.3 Å². The van der Waals surface area contributed by atoms with E-state index in [1.807, 2.05) is 0 Å². The molecule has 0 rings (SSSR count). The van der Waals surface area contributed by atoms with Crippen molar-refractivity contribution in [2.75, 3.05) is 7.11 Å². The summed E-state index contributed by atoms with van der Waals surface area (Å²) in [7, 11) is 1.25. The number of methoxy groups -OCH3 is 1. The molecule has 0 saturated heterocycles. The third-order valence-corrected chi connectivity index (χ3v) is 3.83. The molecule has 22 heavy (non-hydrogen) atoms. The third-order valence-electron chi connectivity index (χ3n) is 3.83. The number of rotatable bonds is 14. The van der Waals surface area contributed by atoms with Gasteiger partial charge < -0.3 is 10.5 Å². The van der Waals surface area contributed by atoms with Crippen LogP contribution in [0.5, 0.6) is 0 Å². The molecule has 0 aromatic rings. The SMILES string of the molecule is CCCCCCCCCCCCCC(=O)C(N)C(=O)OC.[NaH]. The first-order chi connectivity index (χ1) is 10.1. The first kappa shape index (κ1) is 24.4. The number of Topliss-reactive ketones (excluding diaryl/α,β-unsaturated/α-hetero) is 1. The van der Waals surface area contributed by atoms with Crippen LogP contribution in [-0.4, -0.2) is 54.5 Å². The van der Waals surface area contributed by atoms with Crippen LogP contribution >= 0.6 is 0 Å². The zero-order chi connectivity index (χ0) is 15.9. The number of esters is 1. The maximum absolute atomic E-state index is 11.6. The quantitative estimate of drug-likeness (QED) is 0.231. The summed E-state index contributed by atoms with van der Waals surface area (Å²) in [5.41, 5.74) is 5.48. The summed E-state index contributed by atoms with van der Waals surface area (Å²) in [4.78, 5) is 22.7. The fraction of sp³-hybridized carbons (Fsp3) is 0.882. The van der Waals surface area contributed by atoms with Crippen molar-refractivity contribution >= 4 is 41.3 Å². The van der Waals surface area contributed by atoms with Gasteiger partial charge >= 0.3 is 35.5 Å². The van der Waals surface area contributed by atoms with E-state index < -0.39 is 12.0 Å². The molecule has 1 unspecified atom stereocenters. The monoisotopic (exact) mass is 323 g/mol. The third kappa shape index (κ3) is 13.7. The summed E-state index contributed by atoms with van der Waals surface area (Å²) in [6.45, 7) is 2.24. The molecule has 0 spiro atoms. The first-order valence-corrected chi connectivity index (χ1v) is 8.49. The number of unbranched alkanes of at least 4 members (excludes halogenated alkanes) is 10. The Hall–Kier alpha value is 0.100. The Balaban J connectivity index is 0. The van der Waals surface area contributed by atoms with Gasteiger partial charge in [0.2, 0.25) is 0 Å². The van der Waals surface area contributed by atoms with Crippen LogP contribution in [0.25, 0.3) is 0 Å². The Labute approximate surface area is 158 Å². The number of hydrogen-bond acceptors (Lipinski definition) is 4. The average Bonchev–Trinajstić information content (AvgIpc) is 2.50. The normalized spacial score (nSPS) is 11.6. The van der Waals surface area contributed by atoms with Gasteiger partial charge in [-0.15, -0.1) is 0 Å². The fourth-order valence-corrected chi connectivity index (χ4v) is 2.38. The van der Waals surface area contributed by atoms with Crippen molar-refractivity contribution < 1.29 is 14.3 Å². The van der Waals surface area contributed by atoms with E-state index >= 15 is 0 Å². The summed E-state index contributed by atoms with van der Waals surface area (Å²) in [6, 6.07) is -1.10. The Bertz CT molecular complexity index is 285. The molecule has 0 aliphatic rings. The van der Waals surface area contributed by atoms with Crippen LogP contribution in [0.4, 0.5) is 0 Å². The molecule has 0 bridgehead atoms. The zero-order valence-electron chi connectivity index (χ0n) is 13.9. The van der Waals surface area contributed by atoms with Crippen LogP contribution in [0.3, 0.4) is 0 Å². The predicted molar refractivity (Wildman–Crippen MR) is 93.2 cm³/mol. The van der Waals surface area contributed by atoms with Crippen molar-refractivity contribution in [3.8, 4) is 0 Å². The minimum absolute atomic E-state index is 0. The molecule has 0 heterocycles. The minimum atomic E-state index is -1.10. The van der Waals surface area contributed by atoms with Crippen LogP contribution < -0.4 is 5.73 Å². The van der Waals surface area contributed by atoms with Gasteiger partial charge in [0.15, 0.2) is 11.8 Å². The number of carbonyl (C=O) groups is 2. The molecule has 126 valence electrons. The fourth-order valence-electron chi connectivity index (χ4n) is 2.38. The van der Waals surface area contributed by atoms with Gasteiger partial charge in [-0.3, -0.25) is 4.79 Å². The standard InChI is InChI=1S/C17H33NO3.Na.H/c1-3-4-5-6-7-8-9-10-11-12-13-14-15(19)16(18)17(20)21-2;;/h16H,3-14,18H2,1-2H3;;.